The van der Waals surface area contributed by atoms with Crippen molar-refractivity contribution in [2.45, 2.75) is 19.3 Å². The average molecular weight is 585 g/mol. The van der Waals surface area contributed by atoms with Crippen molar-refractivity contribution in [2.75, 3.05) is 34.5 Å². The normalized spacial score (nSPS) is 6.45. The summed E-state index contributed by atoms with van der Waals surface area (Å²) in [6.07, 6.45) is 3.06. The summed E-state index contributed by atoms with van der Waals surface area (Å²) in [5.74, 6) is 4.94. The van der Waals surface area contributed by atoms with Crippen LogP contribution in [0.5, 0.6) is 0 Å². The maximum absolute atomic E-state index is 8.26. The van der Waals surface area contributed by atoms with E-state index in [1.807, 2.05) is 0 Å². The predicted molar refractivity (Wildman–Crippen MR) is 98.7 cm³/mol. The molecular weight excluding hydrogens is 566 g/mol. The molecule has 0 radical (unpaired) electrons. The third-order valence-corrected chi connectivity index (χ3v) is 2.60. The Kier molecular flexibility index (Phi) is 137. The van der Waals surface area contributed by atoms with E-state index in [-0.39, 0.29) is 0 Å². The molecule has 0 aliphatic heterocycles. The summed E-state index contributed by atoms with van der Waals surface area (Å²) in [6.45, 7) is 0. The molecule has 0 aromatic heterocycles. The van der Waals surface area contributed by atoms with Crippen molar-refractivity contribution in [3.8, 4) is 0 Å². The number of nitrogens with zero attached hydrogens (tertiary/aromatic N) is 3. The van der Waals surface area contributed by atoms with Crippen LogP contribution in [-0.4, -0.2) is 34.5 Å². The van der Waals surface area contributed by atoms with Crippen molar-refractivity contribution in [3.63, 3.8) is 0 Å². The summed E-state index contributed by atoms with van der Waals surface area (Å²) in [4.78, 5) is 1.50. The smallest absolute Gasteiger partial charge is 0.0972 e. The van der Waals surface area contributed by atoms with E-state index in [4.69, 9.17) is 17.9 Å². The van der Waals surface area contributed by atoms with Gasteiger partial charge in [0, 0.05) is 0 Å². The number of hydrogen-bond acceptors (Lipinski definition) is 8. The van der Waals surface area contributed by atoms with Crippen LogP contribution in [-0.2, 0) is 122 Å². The van der Waals surface area contributed by atoms with Crippen molar-refractivity contribution in [1.29, 1.82) is 0 Å². The van der Waals surface area contributed by atoms with Crippen molar-refractivity contribution < 1.29 is 46.3 Å². The molecule has 0 saturated heterocycles. The molecule has 0 atom stereocenters. The van der Waals surface area contributed by atoms with Gasteiger partial charge in [-0.1, -0.05) is 19.3 Å². The van der Waals surface area contributed by atoms with Gasteiger partial charge in [0.05, 0.1) is 0 Å². The molecule has 0 rings (SSSR count). The van der Waals surface area contributed by atoms with Gasteiger partial charge in [0.25, 0.3) is 0 Å². The summed E-state index contributed by atoms with van der Waals surface area (Å²) in [7, 11) is 0. The molecule has 0 spiro atoms. The van der Waals surface area contributed by atoms with Gasteiger partial charge in [-0.3, -0.25) is 4.91 Å². The van der Waals surface area contributed by atoms with Crippen LogP contribution in [0.4, 0.5) is 0 Å². The van der Waals surface area contributed by atoms with E-state index in [0.717, 1.165) is 53.8 Å². The zero-order chi connectivity index (χ0) is 19.1. The molecule has 0 aromatic carbocycles. The summed E-state index contributed by atoms with van der Waals surface area (Å²) in [5.41, 5.74) is 13.5. The van der Waals surface area contributed by atoms with Gasteiger partial charge in [0.2, 0.25) is 0 Å². The minimum Gasteiger partial charge on any atom is -0.793 e. The molecular formula is C9H18Mo2N3O2S6-7. The van der Waals surface area contributed by atoms with Gasteiger partial charge in [-0.2, -0.15) is 34.5 Å². The summed E-state index contributed by atoms with van der Waals surface area (Å²) in [5, 5.41) is 0. The zero-order valence-corrected chi connectivity index (χ0v) is 20.7. The van der Waals surface area contributed by atoms with Crippen LogP contribution in [0.3, 0.4) is 0 Å². The Morgan fingerprint density at radius 2 is 0.636 bits per heavy atom. The fraction of sp³-hybridized carbons (Fsp3) is 1.00. The van der Waals surface area contributed by atoms with Gasteiger partial charge in [-0.05, 0) is 0 Å². The predicted octanol–water partition coefficient (Wildman–Crippen LogP) is 2.03. The molecule has 0 saturated carbocycles. The molecule has 0 amide bonds. The van der Waals surface area contributed by atoms with Crippen LogP contribution in [0, 0.1) is 0 Å². The number of hydrogen-bond donors (Lipinski definition) is 0. The van der Waals surface area contributed by atoms with E-state index < -0.39 is 0 Å². The summed E-state index contributed by atoms with van der Waals surface area (Å²) < 4.78 is 16.5. The third-order valence-electron chi connectivity index (χ3n) is 0.866. The van der Waals surface area contributed by atoms with E-state index in [9.17, 15) is 0 Å². The maximum atomic E-state index is 8.26. The third kappa shape index (κ3) is 146. The zero-order valence-electron chi connectivity index (χ0n) is 11.8. The Bertz CT molecular complexity index is 152. The van der Waals surface area contributed by atoms with Gasteiger partial charge in [-0.25, -0.2) is 0 Å². The van der Waals surface area contributed by atoms with E-state index in [2.05, 4.69) is 75.8 Å². The molecule has 22 heavy (non-hydrogen) atoms. The van der Waals surface area contributed by atoms with Crippen LogP contribution in [0.15, 0.2) is 0 Å². The minimum absolute atomic E-state index is 0.700. The molecule has 0 N–H and O–H groups in total. The molecule has 136 valence electrons. The molecule has 0 aromatic rings. The van der Waals surface area contributed by atoms with Gasteiger partial charge in [0.1, 0.15) is 0 Å². The Balaban J connectivity index is -0.0000000364. The van der Waals surface area contributed by atoms with Crippen molar-refractivity contribution >= 4 is 75.8 Å². The molecule has 13 heteroatoms. The molecule has 5 nitrogen and oxygen atoms in total. The molecule has 0 aliphatic carbocycles. The molecule has 0 aliphatic rings. The fourth-order valence-electron chi connectivity index (χ4n) is 0.177. The van der Waals surface area contributed by atoms with E-state index >= 15 is 0 Å². The molecule has 0 bridgehead atoms. The fourth-order valence-corrected chi connectivity index (χ4v) is 1.59. The first-order chi connectivity index (χ1) is 10.7. The van der Waals surface area contributed by atoms with Gasteiger partial charge in [-0.15, -0.1) is 0 Å². The van der Waals surface area contributed by atoms with Crippen LogP contribution >= 0.6 is 0 Å². The maximum Gasteiger partial charge on any atom is -0.0972 e. The number of rotatable bonds is 6. The van der Waals surface area contributed by atoms with Crippen molar-refractivity contribution in [2.24, 2.45) is 0 Å². The summed E-state index contributed by atoms with van der Waals surface area (Å²) in [6, 6.07) is 0. The first kappa shape index (κ1) is 39.5. The van der Waals surface area contributed by atoms with Gasteiger partial charge in [0.15, 0.2) is 0 Å². The molecule has 0 heterocycles. The van der Waals surface area contributed by atoms with E-state index in [1.165, 1.54) is 4.91 Å². The standard InChI is InChI=1S/3C3H8S2.2Mo.N3.2O/c3*4-2-1-3-5;;;1-3-2;;/h3*4-5H,1-3H2;;;;;/q;;;;;-1;;/p-6. The van der Waals surface area contributed by atoms with Crippen LogP contribution in [0.2, 0.25) is 0 Å². The second kappa shape index (κ2) is 76.4. The van der Waals surface area contributed by atoms with E-state index in [1.54, 1.807) is 0 Å². The first-order valence-electron chi connectivity index (χ1n) is 5.47. The quantitative estimate of drug-likeness (QED) is 0.154. The van der Waals surface area contributed by atoms with Crippen LogP contribution in [0.25, 0.3) is 16.0 Å². The van der Waals surface area contributed by atoms with Crippen molar-refractivity contribution in [3.05, 3.63) is 16.0 Å². The Labute approximate surface area is 190 Å². The SMILES string of the molecule is [N-]=[N+]=[N-].[O]=[Mo].[O]=[Mo].[S-]CCC[S-].[S-]CCC[S-].[S-]CCC[S-]. The molecule has 0 unspecified atom stereocenters. The van der Waals surface area contributed by atoms with Crippen molar-refractivity contribution in [1.82, 2.24) is 0 Å². The Hall–Kier alpha value is 2.39. The summed E-state index contributed by atoms with van der Waals surface area (Å²) >= 11 is 28.9. The average Bonchev–Trinajstić information content (AvgIpc) is 2.56. The van der Waals surface area contributed by atoms with Crippen LogP contribution < -0.4 is 0 Å². The minimum atomic E-state index is 0.700. The molecule has 0 fully saturated rings. The van der Waals surface area contributed by atoms with Gasteiger partial charge < -0.3 is 86.8 Å². The van der Waals surface area contributed by atoms with E-state index in [0.29, 0.717) is 39.6 Å². The van der Waals surface area contributed by atoms with Gasteiger partial charge >= 0.3 is 46.3 Å². The second-order valence-corrected chi connectivity index (χ2v) is 4.82. The first-order valence-corrected chi connectivity index (χ1v) is 10.6. The Morgan fingerprint density at radius 1 is 0.545 bits per heavy atom. The topological polar surface area (TPSA) is 92.8 Å². The Morgan fingerprint density at radius 3 is 0.636 bits per heavy atom. The van der Waals surface area contributed by atoms with Crippen LogP contribution in [0.1, 0.15) is 19.3 Å². The monoisotopic (exact) mass is 588 g/mol. The largest absolute Gasteiger partial charge is 0.793 e. The second-order valence-electron chi connectivity index (χ2n) is 2.37.